The van der Waals surface area contributed by atoms with Gasteiger partial charge in [-0.3, -0.25) is 4.79 Å². The molecular formula is C7H9BrFNO4. The Morgan fingerprint density at radius 2 is 2.14 bits per heavy atom. The van der Waals surface area contributed by atoms with E-state index in [4.69, 9.17) is 0 Å². The summed E-state index contributed by atoms with van der Waals surface area (Å²) >= 11 is 2.85. The van der Waals surface area contributed by atoms with Gasteiger partial charge in [0.05, 0.1) is 12.4 Å². The number of nitrogens with zero attached hydrogens (tertiary/aromatic N) is 1. The fourth-order valence-electron chi connectivity index (χ4n) is 0.507. The molecule has 80 valence electrons. The van der Waals surface area contributed by atoms with E-state index in [1.54, 1.807) is 0 Å². The fourth-order valence-corrected chi connectivity index (χ4v) is 0.772. The molecule has 0 atom stereocenters. The van der Waals surface area contributed by atoms with Crippen LogP contribution in [0, 0.1) is 0 Å². The number of carbonyl (C=O) groups excluding carboxylic acids is 2. The minimum atomic E-state index is -0.909. The summed E-state index contributed by atoms with van der Waals surface area (Å²) in [7, 11) is 1.11. The average Bonchev–Trinajstić information content (AvgIpc) is 2.22. The molecular weight excluding hydrogens is 261 g/mol. The number of Topliss-reactive ketones (excluding diaryl/α,β-unsaturated/α-hetero) is 1. The molecule has 0 rings (SSSR count). The fraction of sp³-hybridized carbons (Fsp3) is 0.571. The number of alkyl halides is 2. The molecule has 0 amide bonds. The van der Waals surface area contributed by atoms with Crippen LogP contribution in [0.25, 0.3) is 0 Å². The number of carbonyl (C=O) groups is 2. The van der Waals surface area contributed by atoms with E-state index < -0.39 is 24.1 Å². The topological polar surface area (TPSA) is 65.0 Å². The highest BCUT2D eigenvalue weighted by atomic mass is 79.9. The smallest absolute Gasteiger partial charge is 0.363 e. The van der Waals surface area contributed by atoms with E-state index in [-0.39, 0.29) is 11.9 Å². The number of hydrogen-bond acceptors (Lipinski definition) is 5. The van der Waals surface area contributed by atoms with Crippen molar-refractivity contribution in [2.24, 2.45) is 5.16 Å². The molecule has 0 fully saturated rings. The maximum atomic E-state index is 11.6. The molecule has 0 N–H and O–H groups in total. The summed E-state index contributed by atoms with van der Waals surface area (Å²) in [6.07, 6.45) is 0. The van der Waals surface area contributed by atoms with E-state index in [2.05, 4.69) is 30.7 Å². The molecule has 0 aromatic heterocycles. The van der Waals surface area contributed by atoms with Crippen molar-refractivity contribution in [3.63, 3.8) is 0 Å². The maximum absolute atomic E-state index is 11.6. The number of ketones is 1. The van der Waals surface area contributed by atoms with Crippen LogP contribution in [0.1, 0.15) is 0 Å². The first kappa shape index (κ1) is 13.0. The highest BCUT2D eigenvalue weighted by Gasteiger charge is 2.20. The molecule has 0 heterocycles. The lowest BCUT2D eigenvalue weighted by Gasteiger charge is -2.00. The van der Waals surface area contributed by atoms with Crippen LogP contribution in [-0.2, 0) is 19.2 Å². The molecule has 0 saturated heterocycles. The second-order valence-corrected chi connectivity index (χ2v) is 2.57. The third-order valence-corrected chi connectivity index (χ3v) is 1.60. The normalized spacial score (nSPS) is 10.9. The predicted octanol–water partition coefficient (Wildman–Crippen LogP) is 0.465. The van der Waals surface area contributed by atoms with E-state index >= 15 is 0 Å². The quantitative estimate of drug-likeness (QED) is 0.176. The zero-order chi connectivity index (χ0) is 11.0. The number of oxime groups is 1. The summed E-state index contributed by atoms with van der Waals surface area (Å²) in [4.78, 5) is 26.4. The van der Waals surface area contributed by atoms with Crippen molar-refractivity contribution >= 4 is 33.4 Å². The summed E-state index contributed by atoms with van der Waals surface area (Å²) in [5.74, 6) is -1.50. The van der Waals surface area contributed by atoms with Crippen LogP contribution < -0.4 is 0 Å². The Bertz CT molecular complexity index is 226. The molecule has 0 spiro atoms. The molecule has 0 aliphatic heterocycles. The standard InChI is InChI=1S/C7H9BrFNO4/c1-13-7(12)6(5(11)4-8)10-14-3-2-9/h2-4H2,1H3. The van der Waals surface area contributed by atoms with Crippen molar-refractivity contribution in [3.05, 3.63) is 0 Å². The number of rotatable bonds is 6. The van der Waals surface area contributed by atoms with Gasteiger partial charge < -0.3 is 9.57 Å². The van der Waals surface area contributed by atoms with Gasteiger partial charge in [-0.25, -0.2) is 9.18 Å². The summed E-state index contributed by atoms with van der Waals surface area (Å²) in [6.45, 7) is -1.06. The van der Waals surface area contributed by atoms with Crippen molar-refractivity contribution in [3.8, 4) is 0 Å². The van der Waals surface area contributed by atoms with Crippen LogP contribution in [-0.4, -0.2) is 43.2 Å². The van der Waals surface area contributed by atoms with Gasteiger partial charge in [0.15, 0.2) is 0 Å². The second-order valence-electron chi connectivity index (χ2n) is 2.01. The minimum Gasteiger partial charge on any atom is -0.464 e. The molecule has 0 aromatic rings. The van der Waals surface area contributed by atoms with Crippen LogP contribution >= 0.6 is 15.9 Å². The molecule has 0 bridgehead atoms. The summed E-state index contributed by atoms with van der Waals surface area (Å²) < 4.78 is 15.9. The van der Waals surface area contributed by atoms with E-state index in [1.807, 2.05) is 0 Å². The predicted molar refractivity (Wildman–Crippen MR) is 50.2 cm³/mol. The van der Waals surface area contributed by atoms with Gasteiger partial charge in [0.25, 0.3) is 0 Å². The maximum Gasteiger partial charge on any atom is 0.363 e. The van der Waals surface area contributed by atoms with Gasteiger partial charge in [-0.05, 0) is 0 Å². The Morgan fingerprint density at radius 3 is 2.57 bits per heavy atom. The van der Waals surface area contributed by atoms with Gasteiger partial charge >= 0.3 is 5.97 Å². The molecule has 0 aliphatic rings. The Hall–Kier alpha value is -0.980. The number of methoxy groups -OCH3 is 1. The summed E-state index contributed by atoms with van der Waals surface area (Å²) in [5, 5.41) is 3.09. The Balaban J connectivity index is 4.46. The number of esters is 1. The van der Waals surface area contributed by atoms with E-state index in [9.17, 15) is 14.0 Å². The van der Waals surface area contributed by atoms with Crippen LogP contribution in [0.4, 0.5) is 4.39 Å². The minimum absolute atomic E-state index is 0.0834. The molecule has 0 aromatic carbocycles. The van der Waals surface area contributed by atoms with Crippen LogP contribution in [0.2, 0.25) is 0 Å². The number of hydrogen-bond donors (Lipinski definition) is 0. The summed E-state index contributed by atoms with van der Waals surface area (Å²) in [6, 6.07) is 0. The zero-order valence-electron chi connectivity index (χ0n) is 7.46. The van der Waals surface area contributed by atoms with E-state index in [1.165, 1.54) is 0 Å². The average molecular weight is 270 g/mol. The lowest BCUT2D eigenvalue weighted by Crippen LogP contribution is -2.26. The molecule has 7 heteroatoms. The highest BCUT2D eigenvalue weighted by molar-refractivity contribution is 9.09. The first-order valence-corrected chi connectivity index (χ1v) is 4.73. The molecule has 0 aliphatic carbocycles. The lowest BCUT2D eigenvalue weighted by molar-refractivity contribution is -0.133. The molecule has 5 nitrogen and oxygen atoms in total. The Kier molecular flexibility index (Phi) is 6.91. The van der Waals surface area contributed by atoms with Crippen molar-refractivity contribution in [1.29, 1.82) is 0 Å². The first-order chi connectivity index (χ1) is 6.67. The van der Waals surface area contributed by atoms with Gasteiger partial charge in [0.1, 0.15) is 13.3 Å². The second kappa shape index (κ2) is 7.43. The Morgan fingerprint density at radius 1 is 1.50 bits per heavy atom. The van der Waals surface area contributed by atoms with Gasteiger partial charge in [-0.15, -0.1) is 0 Å². The molecule has 0 unspecified atom stereocenters. The van der Waals surface area contributed by atoms with E-state index in [0.717, 1.165) is 7.11 Å². The van der Waals surface area contributed by atoms with Crippen LogP contribution in [0.3, 0.4) is 0 Å². The van der Waals surface area contributed by atoms with Gasteiger partial charge in [-0.1, -0.05) is 21.1 Å². The molecule has 0 saturated carbocycles. The van der Waals surface area contributed by atoms with Crippen molar-refractivity contribution < 1.29 is 23.6 Å². The lowest BCUT2D eigenvalue weighted by atomic mass is 10.3. The third kappa shape index (κ3) is 4.31. The van der Waals surface area contributed by atoms with Gasteiger partial charge in [0.2, 0.25) is 11.5 Å². The van der Waals surface area contributed by atoms with E-state index in [0.29, 0.717) is 0 Å². The highest BCUT2D eigenvalue weighted by Crippen LogP contribution is 1.93. The third-order valence-electron chi connectivity index (χ3n) is 1.09. The first-order valence-electron chi connectivity index (χ1n) is 3.60. The monoisotopic (exact) mass is 269 g/mol. The molecule has 14 heavy (non-hydrogen) atoms. The van der Waals surface area contributed by atoms with Crippen molar-refractivity contribution in [2.75, 3.05) is 25.7 Å². The number of ether oxygens (including phenoxy) is 1. The Labute approximate surface area is 88.4 Å². The van der Waals surface area contributed by atoms with Gasteiger partial charge in [0, 0.05) is 0 Å². The van der Waals surface area contributed by atoms with Crippen molar-refractivity contribution in [2.45, 2.75) is 0 Å². The largest absolute Gasteiger partial charge is 0.464 e. The van der Waals surface area contributed by atoms with Crippen LogP contribution in [0.5, 0.6) is 0 Å². The number of halogens is 2. The molecule has 0 radical (unpaired) electrons. The van der Waals surface area contributed by atoms with Gasteiger partial charge in [-0.2, -0.15) is 0 Å². The zero-order valence-corrected chi connectivity index (χ0v) is 9.04. The van der Waals surface area contributed by atoms with Crippen molar-refractivity contribution in [1.82, 2.24) is 0 Å². The SMILES string of the molecule is COC(=O)C(=NOCCF)C(=O)CBr. The van der Waals surface area contributed by atoms with Crippen LogP contribution in [0.15, 0.2) is 5.16 Å². The summed E-state index contributed by atoms with van der Waals surface area (Å²) in [5.41, 5.74) is -0.488.